The van der Waals surface area contributed by atoms with Crippen LogP contribution in [0.2, 0.25) is 6.04 Å². The second-order valence-corrected chi connectivity index (χ2v) is 4.68. The molecule has 10 heavy (non-hydrogen) atoms. The Bertz CT molecular complexity index is 126. The second kappa shape index (κ2) is 2.66. The maximum absolute atomic E-state index is 5.47. The van der Waals surface area contributed by atoms with Crippen LogP contribution in [0.15, 0.2) is 0 Å². The lowest BCUT2D eigenvalue weighted by atomic mass is 9.88. The number of ether oxygens (including phenoxy) is 1. The van der Waals surface area contributed by atoms with Gasteiger partial charge in [-0.15, -0.1) is 0 Å². The number of hydrogen-bond acceptors (Lipinski definition) is 1. The van der Waals surface area contributed by atoms with Crippen molar-refractivity contribution in [3.63, 3.8) is 0 Å². The summed E-state index contributed by atoms with van der Waals surface area (Å²) in [5.74, 6) is 1.03. The standard InChI is InChI=1S/C8H16OSi/c10-4-3-6-1-2-7-8(5-6)9-7/h6-8H,1-5H2,10H3/t6?,7?,8-/m0/s1. The first-order valence-electron chi connectivity index (χ1n) is 4.55. The molecule has 1 aliphatic carbocycles. The molecule has 58 valence electrons. The van der Waals surface area contributed by atoms with Crippen LogP contribution in [0.5, 0.6) is 0 Å². The molecule has 0 radical (unpaired) electrons. The first-order chi connectivity index (χ1) is 4.90. The van der Waals surface area contributed by atoms with Crippen molar-refractivity contribution in [3.05, 3.63) is 0 Å². The van der Waals surface area contributed by atoms with Gasteiger partial charge in [0.1, 0.15) is 0 Å². The molecule has 0 aromatic rings. The van der Waals surface area contributed by atoms with Crippen molar-refractivity contribution in [3.8, 4) is 0 Å². The third kappa shape index (κ3) is 1.27. The van der Waals surface area contributed by atoms with Gasteiger partial charge in [-0.25, -0.2) is 0 Å². The molecule has 2 fully saturated rings. The Morgan fingerprint density at radius 1 is 1.30 bits per heavy atom. The minimum atomic E-state index is 0.699. The SMILES string of the molecule is [SiH3]CCC1CCC2O[C@H]2C1. The van der Waals surface area contributed by atoms with Gasteiger partial charge < -0.3 is 4.74 Å². The highest BCUT2D eigenvalue weighted by atomic mass is 28.1. The van der Waals surface area contributed by atoms with Gasteiger partial charge in [0.05, 0.1) is 12.2 Å². The van der Waals surface area contributed by atoms with E-state index in [-0.39, 0.29) is 0 Å². The van der Waals surface area contributed by atoms with Gasteiger partial charge in [0, 0.05) is 10.2 Å². The van der Waals surface area contributed by atoms with Gasteiger partial charge in [0.15, 0.2) is 0 Å². The largest absolute Gasteiger partial charge is 0.370 e. The molecule has 1 aliphatic heterocycles. The van der Waals surface area contributed by atoms with Gasteiger partial charge in [-0.2, -0.15) is 0 Å². The summed E-state index contributed by atoms with van der Waals surface area (Å²) in [6.07, 6.45) is 7.07. The van der Waals surface area contributed by atoms with E-state index in [4.69, 9.17) is 4.74 Å². The van der Waals surface area contributed by atoms with Crippen LogP contribution in [0.3, 0.4) is 0 Å². The van der Waals surface area contributed by atoms with Crippen LogP contribution < -0.4 is 0 Å². The van der Waals surface area contributed by atoms with Gasteiger partial charge in [-0.05, 0) is 25.2 Å². The van der Waals surface area contributed by atoms with Gasteiger partial charge in [-0.1, -0.05) is 12.5 Å². The number of fused-ring (bicyclic) bond motifs is 1. The van der Waals surface area contributed by atoms with Gasteiger partial charge in [0.2, 0.25) is 0 Å². The van der Waals surface area contributed by atoms with E-state index in [0.29, 0.717) is 12.2 Å². The average molecular weight is 156 g/mol. The van der Waals surface area contributed by atoms with Gasteiger partial charge in [-0.3, -0.25) is 0 Å². The third-order valence-electron chi connectivity index (χ3n) is 2.81. The predicted octanol–water partition coefficient (Wildman–Crippen LogP) is 0.728. The summed E-state index contributed by atoms with van der Waals surface area (Å²) in [4.78, 5) is 0. The molecule has 1 saturated heterocycles. The maximum atomic E-state index is 5.47. The molecule has 2 heteroatoms. The summed E-state index contributed by atoms with van der Waals surface area (Å²) >= 11 is 0. The summed E-state index contributed by atoms with van der Waals surface area (Å²) < 4.78 is 5.47. The summed E-state index contributed by atoms with van der Waals surface area (Å²) in [7, 11) is 1.39. The van der Waals surface area contributed by atoms with E-state index in [9.17, 15) is 0 Å². The smallest absolute Gasteiger partial charge is 0.0844 e. The summed E-state index contributed by atoms with van der Waals surface area (Å²) in [6, 6.07) is 1.49. The topological polar surface area (TPSA) is 12.5 Å². The summed E-state index contributed by atoms with van der Waals surface area (Å²) in [5.41, 5.74) is 0. The van der Waals surface area contributed by atoms with Crippen LogP contribution in [-0.2, 0) is 4.74 Å². The monoisotopic (exact) mass is 156 g/mol. The molecule has 0 aromatic carbocycles. The minimum absolute atomic E-state index is 0.699. The fourth-order valence-corrected chi connectivity index (χ4v) is 2.97. The third-order valence-corrected chi connectivity index (χ3v) is 3.39. The van der Waals surface area contributed by atoms with E-state index in [1.54, 1.807) is 0 Å². The van der Waals surface area contributed by atoms with Crippen molar-refractivity contribution in [2.45, 2.75) is 43.9 Å². The lowest BCUT2D eigenvalue weighted by Gasteiger charge is -2.17. The Hall–Kier alpha value is 0.177. The molecule has 1 saturated carbocycles. The fourth-order valence-electron chi connectivity index (χ4n) is 2.16. The number of hydrogen-bond donors (Lipinski definition) is 0. The van der Waals surface area contributed by atoms with Crippen molar-refractivity contribution in [2.24, 2.45) is 5.92 Å². The Balaban J connectivity index is 1.77. The van der Waals surface area contributed by atoms with Crippen LogP contribution in [0.4, 0.5) is 0 Å². The zero-order chi connectivity index (χ0) is 6.97. The Labute approximate surface area is 65.6 Å². The van der Waals surface area contributed by atoms with Crippen molar-refractivity contribution in [1.29, 1.82) is 0 Å². The van der Waals surface area contributed by atoms with E-state index in [2.05, 4.69) is 0 Å². The van der Waals surface area contributed by atoms with E-state index in [1.807, 2.05) is 0 Å². The van der Waals surface area contributed by atoms with E-state index < -0.39 is 0 Å². The quantitative estimate of drug-likeness (QED) is 0.424. The highest BCUT2D eigenvalue weighted by Crippen LogP contribution is 2.40. The number of epoxide rings is 1. The first-order valence-corrected chi connectivity index (χ1v) is 5.97. The van der Waals surface area contributed by atoms with Crippen LogP contribution in [0, 0.1) is 5.92 Å². The molecule has 0 N–H and O–H groups in total. The van der Waals surface area contributed by atoms with E-state index in [1.165, 1.54) is 42.0 Å². The zero-order valence-corrected chi connectivity index (χ0v) is 8.68. The van der Waals surface area contributed by atoms with Crippen LogP contribution in [-0.4, -0.2) is 22.5 Å². The molecular formula is C8H16OSi. The zero-order valence-electron chi connectivity index (χ0n) is 6.68. The minimum Gasteiger partial charge on any atom is -0.370 e. The summed E-state index contributed by atoms with van der Waals surface area (Å²) in [6.45, 7) is 0. The molecule has 0 bridgehead atoms. The fraction of sp³-hybridized carbons (Fsp3) is 1.00. The van der Waals surface area contributed by atoms with Crippen LogP contribution in [0.25, 0.3) is 0 Å². The van der Waals surface area contributed by atoms with Gasteiger partial charge >= 0.3 is 0 Å². The molecule has 0 spiro atoms. The second-order valence-electron chi connectivity index (χ2n) is 3.68. The molecule has 0 aromatic heterocycles. The van der Waals surface area contributed by atoms with Crippen LogP contribution >= 0.6 is 0 Å². The molecule has 2 rings (SSSR count). The average Bonchev–Trinajstić information content (AvgIpc) is 2.66. The first kappa shape index (κ1) is 6.86. The normalized spacial score (nSPS) is 45.0. The summed E-state index contributed by atoms with van der Waals surface area (Å²) in [5, 5.41) is 0. The van der Waals surface area contributed by atoms with E-state index >= 15 is 0 Å². The van der Waals surface area contributed by atoms with E-state index in [0.717, 1.165) is 5.92 Å². The van der Waals surface area contributed by atoms with Crippen LogP contribution in [0.1, 0.15) is 25.7 Å². The maximum Gasteiger partial charge on any atom is 0.0844 e. The molecule has 1 heterocycles. The predicted molar refractivity (Wildman–Crippen MR) is 45.4 cm³/mol. The van der Waals surface area contributed by atoms with Crippen molar-refractivity contribution in [2.75, 3.05) is 0 Å². The Morgan fingerprint density at radius 3 is 2.90 bits per heavy atom. The number of rotatable bonds is 2. The Kier molecular flexibility index (Phi) is 1.83. The Morgan fingerprint density at radius 2 is 2.20 bits per heavy atom. The lowest BCUT2D eigenvalue weighted by molar-refractivity contribution is 0.357. The molecular weight excluding hydrogens is 140 g/mol. The molecule has 3 atom stereocenters. The molecule has 1 nitrogen and oxygen atoms in total. The van der Waals surface area contributed by atoms with Crippen molar-refractivity contribution >= 4 is 10.2 Å². The molecule has 2 aliphatic rings. The highest BCUT2D eigenvalue weighted by molar-refractivity contribution is 6.08. The lowest BCUT2D eigenvalue weighted by Crippen LogP contribution is -2.12. The highest BCUT2D eigenvalue weighted by Gasteiger charge is 2.43. The molecule has 2 unspecified atom stereocenters. The van der Waals surface area contributed by atoms with Crippen molar-refractivity contribution in [1.82, 2.24) is 0 Å². The van der Waals surface area contributed by atoms with Gasteiger partial charge in [0.25, 0.3) is 0 Å². The molecule has 0 amide bonds. The van der Waals surface area contributed by atoms with Crippen molar-refractivity contribution < 1.29 is 4.74 Å².